The van der Waals surface area contributed by atoms with Crippen molar-refractivity contribution >= 4 is 23.1 Å². The largest absolute Gasteiger partial charge is 0.482 e. The summed E-state index contributed by atoms with van der Waals surface area (Å²) < 4.78 is 5.25. The predicted molar refractivity (Wildman–Crippen MR) is 59.1 cm³/mol. The summed E-state index contributed by atoms with van der Waals surface area (Å²) in [6.07, 6.45) is 0.224. The summed E-state index contributed by atoms with van der Waals surface area (Å²) >= 11 is 4.89. The average Bonchev–Trinajstić information content (AvgIpc) is 2.15. The Labute approximate surface area is 88.9 Å². The fourth-order valence-electron chi connectivity index (χ4n) is 0.992. The maximum Gasteiger partial charge on any atom is 0.167 e. The highest BCUT2D eigenvalue weighted by molar-refractivity contribution is 7.80. The molecule has 0 aliphatic rings. The number of thiocarbonyl (C=S) groups is 1. The Hall–Kier alpha value is -1.22. The van der Waals surface area contributed by atoms with Gasteiger partial charge in [-0.2, -0.15) is 0 Å². The summed E-state index contributed by atoms with van der Waals surface area (Å²) in [6, 6.07) is 9.73. The minimum absolute atomic E-state index is 0.0306. The van der Waals surface area contributed by atoms with E-state index in [0.29, 0.717) is 11.7 Å². The number of carbonyl (C=O) groups excluding carboxylic acids is 1. The Morgan fingerprint density at radius 1 is 1.36 bits per heavy atom. The molecule has 0 amide bonds. The van der Waals surface area contributed by atoms with E-state index in [1.165, 1.54) is 6.92 Å². The lowest BCUT2D eigenvalue weighted by atomic mass is 10.2. The molecule has 14 heavy (non-hydrogen) atoms. The minimum atomic E-state index is 0.0306. The molecular formula is C11H12O2S. The van der Waals surface area contributed by atoms with Crippen molar-refractivity contribution in [3.8, 4) is 0 Å². The summed E-state index contributed by atoms with van der Waals surface area (Å²) in [5.74, 6) is 0.0306. The molecule has 0 aromatic heterocycles. The smallest absolute Gasteiger partial charge is 0.167 e. The second-order valence-corrected chi connectivity index (χ2v) is 3.48. The van der Waals surface area contributed by atoms with Gasteiger partial charge in [-0.1, -0.05) is 30.3 Å². The number of ketones is 1. The first-order valence-electron chi connectivity index (χ1n) is 4.37. The normalized spacial score (nSPS) is 9.50. The van der Waals surface area contributed by atoms with Crippen molar-refractivity contribution in [3.63, 3.8) is 0 Å². The second kappa shape index (κ2) is 5.50. The fourth-order valence-corrected chi connectivity index (χ4v) is 1.25. The molecule has 74 valence electrons. The summed E-state index contributed by atoms with van der Waals surface area (Å²) in [5.41, 5.74) is 1.05. The van der Waals surface area contributed by atoms with Crippen molar-refractivity contribution in [2.24, 2.45) is 0 Å². The molecular weight excluding hydrogens is 196 g/mol. The van der Waals surface area contributed by atoms with Gasteiger partial charge in [-0.3, -0.25) is 4.79 Å². The van der Waals surface area contributed by atoms with E-state index in [-0.39, 0.29) is 12.2 Å². The molecule has 0 radical (unpaired) electrons. The van der Waals surface area contributed by atoms with Gasteiger partial charge in [0.05, 0.1) is 6.42 Å². The molecule has 0 unspecified atom stereocenters. The van der Waals surface area contributed by atoms with Crippen LogP contribution in [0.25, 0.3) is 0 Å². The molecule has 0 N–H and O–H groups in total. The molecule has 3 heteroatoms. The zero-order valence-corrected chi connectivity index (χ0v) is 8.84. The highest BCUT2D eigenvalue weighted by Gasteiger charge is 2.01. The van der Waals surface area contributed by atoms with Crippen LogP contribution >= 0.6 is 12.2 Å². The van der Waals surface area contributed by atoms with E-state index in [2.05, 4.69) is 0 Å². The Balaban J connectivity index is 2.34. The lowest BCUT2D eigenvalue weighted by Crippen LogP contribution is -2.06. The summed E-state index contributed by atoms with van der Waals surface area (Å²) in [7, 11) is 0. The third-order valence-electron chi connectivity index (χ3n) is 1.64. The van der Waals surface area contributed by atoms with Gasteiger partial charge in [0.1, 0.15) is 12.4 Å². The van der Waals surface area contributed by atoms with Crippen LogP contribution < -0.4 is 0 Å². The molecule has 0 saturated carbocycles. The monoisotopic (exact) mass is 208 g/mol. The Morgan fingerprint density at radius 2 is 2.00 bits per heavy atom. The topological polar surface area (TPSA) is 26.3 Å². The summed E-state index contributed by atoms with van der Waals surface area (Å²) in [6.45, 7) is 1.94. The van der Waals surface area contributed by atoms with Crippen molar-refractivity contribution in [2.45, 2.75) is 20.0 Å². The lowest BCUT2D eigenvalue weighted by molar-refractivity contribution is -0.116. The third kappa shape index (κ3) is 4.14. The van der Waals surface area contributed by atoms with Crippen LogP contribution in [0.2, 0.25) is 0 Å². The molecule has 0 aliphatic carbocycles. The zero-order chi connectivity index (χ0) is 10.4. The van der Waals surface area contributed by atoms with Crippen molar-refractivity contribution in [3.05, 3.63) is 35.9 Å². The van der Waals surface area contributed by atoms with Crippen molar-refractivity contribution in [1.82, 2.24) is 0 Å². The first kappa shape index (κ1) is 10.9. The van der Waals surface area contributed by atoms with Crippen LogP contribution in [0.15, 0.2) is 30.3 Å². The van der Waals surface area contributed by atoms with Crippen LogP contribution in [-0.2, 0) is 16.1 Å². The molecule has 1 aromatic carbocycles. The summed E-state index contributed by atoms with van der Waals surface area (Å²) in [5, 5.41) is 0.362. The van der Waals surface area contributed by atoms with E-state index >= 15 is 0 Å². The van der Waals surface area contributed by atoms with Gasteiger partial charge in [0.25, 0.3) is 0 Å². The third-order valence-corrected chi connectivity index (χ3v) is 1.90. The number of carbonyl (C=O) groups is 1. The van der Waals surface area contributed by atoms with Crippen molar-refractivity contribution < 1.29 is 9.53 Å². The SMILES string of the molecule is CC(=O)CC(=S)OCc1ccccc1. The Bertz CT molecular complexity index is 319. The molecule has 0 spiro atoms. The van der Waals surface area contributed by atoms with E-state index in [1.807, 2.05) is 30.3 Å². The van der Waals surface area contributed by atoms with Crippen LogP contribution in [-0.4, -0.2) is 10.8 Å². The van der Waals surface area contributed by atoms with Gasteiger partial charge < -0.3 is 4.74 Å². The predicted octanol–water partition coefficient (Wildman–Crippen LogP) is 2.51. The van der Waals surface area contributed by atoms with Crippen molar-refractivity contribution in [1.29, 1.82) is 0 Å². The van der Waals surface area contributed by atoms with E-state index < -0.39 is 0 Å². The van der Waals surface area contributed by atoms with Gasteiger partial charge in [0.15, 0.2) is 5.05 Å². The zero-order valence-electron chi connectivity index (χ0n) is 8.03. The van der Waals surface area contributed by atoms with Crippen LogP contribution in [0, 0.1) is 0 Å². The second-order valence-electron chi connectivity index (χ2n) is 3.03. The maximum absolute atomic E-state index is 10.7. The maximum atomic E-state index is 10.7. The van der Waals surface area contributed by atoms with Gasteiger partial charge in [-0.25, -0.2) is 0 Å². The molecule has 0 heterocycles. The highest BCUT2D eigenvalue weighted by Crippen LogP contribution is 2.02. The van der Waals surface area contributed by atoms with Gasteiger partial charge >= 0.3 is 0 Å². The van der Waals surface area contributed by atoms with Crippen LogP contribution in [0.3, 0.4) is 0 Å². The lowest BCUT2D eigenvalue weighted by Gasteiger charge is -2.05. The molecule has 0 atom stereocenters. The van der Waals surface area contributed by atoms with Gasteiger partial charge in [0, 0.05) is 0 Å². The standard InChI is InChI=1S/C11H12O2S/c1-9(12)7-11(14)13-8-10-5-3-2-4-6-10/h2-6H,7-8H2,1H3. The summed E-state index contributed by atoms with van der Waals surface area (Å²) in [4.78, 5) is 10.7. The molecule has 1 rings (SSSR count). The van der Waals surface area contributed by atoms with Crippen molar-refractivity contribution in [2.75, 3.05) is 0 Å². The number of benzene rings is 1. The Kier molecular flexibility index (Phi) is 4.26. The first-order chi connectivity index (χ1) is 6.68. The minimum Gasteiger partial charge on any atom is -0.482 e. The van der Waals surface area contributed by atoms with Gasteiger partial charge in [-0.15, -0.1) is 0 Å². The molecule has 0 bridgehead atoms. The quantitative estimate of drug-likeness (QED) is 0.711. The molecule has 0 saturated heterocycles. The van der Waals surface area contributed by atoms with Crippen LogP contribution in [0.4, 0.5) is 0 Å². The van der Waals surface area contributed by atoms with Crippen LogP contribution in [0.1, 0.15) is 18.9 Å². The molecule has 1 aromatic rings. The number of hydrogen-bond donors (Lipinski definition) is 0. The van der Waals surface area contributed by atoms with Crippen LogP contribution in [0.5, 0.6) is 0 Å². The number of rotatable bonds is 4. The van der Waals surface area contributed by atoms with E-state index in [0.717, 1.165) is 5.56 Å². The Morgan fingerprint density at radius 3 is 2.57 bits per heavy atom. The number of hydrogen-bond acceptors (Lipinski definition) is 3. The van der Waals surface area contributed by atoms with E-state index in [4.69, 9.17) is 17.0 Å². The number of ether oxygens (including phenoxy) is 1. The average molecular weight is 208 g/mol. The first-order valence-corrected chi connectivity index (χ1v) is 4.78. The van der Waals surface area contributed by atoms with E-state index in [9.17, 15) is 4.79 Å². The van der Waals surface area contributed by atoms with Gasteiger partial charge in [0.2, 0.25) is 0 Å². The van der Waals surface area contributed by atoms with Gasteiger partial charge in [-0.05, 0) is 24.7 Å². The molecule has 0 aliphatic heterocycles. The molecule has 0 fully saturated rings. The highest BCUT2D eigenvalue weighted by atomic mass is 32.1. The van der Waals surface area contributed by atoms with E-state index in [1.54, 1.807) is 0 Å². The number of Topliss-reactive ketones (excluding diaryl/α,β-unsaturated/α-hetero) is 1. The fraction of sp³-hybridized carbons (Fsp3) is 0.273. The molecule has 2 nitrogen and oxygen atoms in total.